The lowest BCUT2D eigenvalue weighted by molar-refractivity contribution is 0.0691. The van der Waals surface area contributed by atoms with E-state index in [1.807, 2.05) is 0 Å². The molecule has 13 heavy (non-hydrogen) atoms. The maximum Gasteiger partial charge on any atom is 0.338 e. The van der Waals surface area contributed by atoms with Crippen LogP contribution in [0.1, 0.15) is 10.4 Å². The topological polar surface area (TPSA) is 37.3 Å². The molecule has 70 valence electrons. The van der Waals surface area contributed by atoms with Gasteiger partial charge in [0.2, 0.25) is 0 Å². The maximum atomic E-state index is 13.0. The highest BCUT2D eigenvalue weighted by molar-refractivity contribution is 7.98. The van der Waals surface area contributed by atoms with E-state index in [9.17, 15) is 9.18 Å². The van der Waals surface area contributed by atoms with Gasteiger partial charge in [-0.2, -0.15) is 0 Å². The van der Waals surface area contributed by atoms with Gasteiger partial charge in [-0.15, -0.1) is 11.8 Å². The van der Waals surface area contributed by atoms with Gasteiger partial charge in [-0.3, -0.25) is 0 Å². The van der Waals surface area contributed by atoms with Crippen LogP contribution in [-0.2, 0) is 0 Å². The molecule has 0 aliphatic rings. The molecule has 0 spiro atoms. The molecule has 0 saturated carbocycles. The standard InChI is InChI=1S/C8H6ClFO2S/c1-13-4-2-5(8(11)12)7(10)6(9)3-4/h2-3H,1H3,(H,11,12). The van der Waals surface area contributed by atoms with Crippen LogP contribution in [0.15, 0.2) is 17.0 Å². The van der Waals surface area contributed by atoms with Crippen molar-refractivity contribution in [3.8, 4) is 0 Å². The van der Waals surface area contributed by atoms with Gasteiger partial charge in [0.1, 0.15) is 0 Å². The van der Waals surface area contributed by atoms with E-state index in [0.717, 1.165) is 0 Å². The summed E-state index contributed by atoms with van der Waals surface area (Å²) in [7, 11) is 0. The molecule has 1 rings (SSSR count). The first-order valence-electron chi connectivity index (χ1n) is 3.32. The lowest BCUT2D eigenvalue weighted by atomic mass is 10.2. The minimum absolute atomic E-state index is 0.163. The zero-order valence-corrected chi connectivity index (χ0v) is 8.25. The predicted octanol–water partition coefficient (Wildman–Crippen LogP) is 2.90. The molecule has 0 aliphatic heterocycles. The Labute approximate surface area is 83.7 Å². The predicted molar refractivity (Wildman–Crippen MR) is 50.2 cm³/mol. The number of rotatable bonds is 2. The Morgan fingerprint density at radius 1 is 1.62 bits per heavy atom. The highest BCUT2D eigenvalue weighted by Gasteiger charge is 2.14. The number of thioether (sulfide) groups is 1. The molecule has 1 aromatic carbocycles. The molecule has 0 amide bonds. The molecule has 5 heteroatoms. The number of carbonyl (C=O) groups is 1. The SMILES string of the molecule is CSc1cc(Cl)c(F)c(C(=O)O)c1. The molecular weight excluding hydrogens is 215 g/mol. The Bertz CT molecular complexity index is 354. The molecule has 0 bridgehead atoms. The fourth-order valence-corrected chi connectivity index (χ4v) is 1.59. The van der Waals surface area contributed by atoms with Crippen LogP contribution in [0.2, 0.25) is 5.02 Å². The van der Waals surface area contributed by atoms with Crippen molar-refractivity contribution in [3.63, 3.8) is 0 Å². The Hall–Kier alpha value is -0.740. The van der Waals surface area contributed by atoms with Crippen molar-refractivity contribution in [3.05, 3.63) is 28.5 Å². The van der Waals surface area contributed by atoms with E-state index >= 15 is 0 Å². The summed E-state index contributed by atoms with van der Waals surface area (Å²) in [5.74, 6) is -2.19. The molecule has 1 aromatic rings. The van der Waals surface area contributed by atoms with Crippen LogP contribution in [0.25, 0.3) is 0 Å². The van der Waals surface area contributed by atoms with Crippen molar-refractivity contribution in [2.75, 3.05) is 6.26 Å². The second-order valence-corrected chi connectivity index (χ2v) is 3.56. The minimum Gasteiger partial charge on any atom is -0.478 e. The van der Waals surface area contributed by atoms with Gasteiger partial charge < -0.3 is 5.11 Å². The second kappa shape index (κ2) is 3.98. The summed E-state index contributed by atoms with van der Waals surface area (Å²) >= 11 is 6.80. The van der Waals surface area contributed by atoms with Gasteiger partial charge in [0.15, 0.2) is 5.82 Å². The monoisotopic (exact) mass is 220 g/mol. The molecule has 1 N–H and O–H groups in total. The minimum atomic E-state index is -1.31. The van der Waals surface area contributed by atoms with E-state index in [2.05, 4.69) is 0 Å². The van der Waals surface area contributed by atoms with Gasteiger partial charge in [-0.1, -0.05) is 11.6 Å². The Balaban J connectivity index is 3.33. The molecule has 0 aromatic heterocycles. The summed E-state index contributed by atoms with van der Waals surface area (Å²) < 4.78 is 13.0. The molecule has 0 unspecified atom stereocenters. The number of hydrogen-bond donors (Lipinski definition) is 1. The van der Waals surface area contributed by atoms with Crippen LogP contribution < -0.4 is 0 Å². The summed E-state index contributed by atoms with van der Waals surface area (Å²) in [4.78, 5) is 11.2. The zero-order valence-electron chi connectivity index (χ0n) is 6.67. The van der Waals surface area contributed by atoms with Gasteiger partial charge in [0, 0.05) is 4.90 Å². The number of hydrogen-bond acceptors (Lipinski definition) is 2. The summed E-state index contributed by atoms with van der Waals surface area (Å²) in [5.41, 5.74) is -0.392. The van der Waals surface area contributed by atoms with Crippen LogP contribution in [0, 0.1) is 5.82 Å². The van der Waals surface area contributed by atoms with Crippen LogP contribution >= 0.6 is 23.4 Å². The van der Waals surface area contributed by atoms with Crippen molar-refractivity contribution in [2.45, 2.75) is 4.90 Å². The Kier molecular flexibility index (Phi) is 3.17. The van der Waals surface area contributed by atoms with Crippen LogP contribution in [0.5, 0.6) is 0 Å². The molecule has 0 atom stereocenters. The molecule has 0 radical (unpaired) electrons. The Morgan fingerprint density at radius 2 is 2.23 bits per heavy atom. The normalized spacial score (nSPS) is 10.1. The van der Waals surface area contributed by atoms with Crippen LogP contribution in [0.4, 0.5) is 4.39 Å². The number of aromatic carboxylic acids is 1. The molecule has 2 nitrogen and oxygen atoms in total. The van der Waals surface area contributed by atoms with Gasteiger partial charge in [-0.05, 0) is 18.4 Å². The van der Waals surface area contributed by atoms with E-state index < -0.39 is 17.3 Å². The van der Waals surface area contributed by atoms with Crippen LogP contribution in [0.3, 0.4) is 0 Å². The van der Waals surface area contributed by atoms with Crippen molar-refractivity contribution in [2.24, 2.45) is 0 Å². The van der Waals surface area contributed by atoms with Gasteiger partial charge in [0.05, 0.1) is 10.6 Å². The van der Waals surface area contributed by atoms with E-state index in [-0.39, 0.29) is 5.02 Å². The molecule has 0 saturated heterocycles. The fourth-order valence-electron chi connectivity index (χ4n) is 0.838. The summed E-state index contributed by atoms with van der Waals surface area (Å²) in [6, 6.07) is 2.65. The summed E-state index contributed by atoms with van der Waals surface area (Å²) in [6.45, 7) is 0. The quantitative estimate of drug-likeness (QED) is 0.779. The highest BCUT2D eigenvalue weighted by Crippen LogP contribution is 2.25. The second-order valence-electron chi connectivity index (χ2n) is 2.28. The average Bonchev–Trinajstić information content (AvgIpc) is 2.09. The molecular formula is C8H6ClFO2S. The van der Waals surface area contributed by atoms with Crippen LogP contribution in [-0.4, -0.2) is 17.3 Å². The lowest BCUT2D eigenvalue weighted by Crippen LogP contribution is -2.01. The molecule has 0 heterocycles. The lowest BCUT2D eigenvalue weighted by Gasteiger charge is -2.02. The van der Waals surface area contributed by atoms with Crippen molar-refractivity contribution >= 4 is 29.3 Å². The van der Waals surface area contributed by atoms with E-state index in [0.29, 0.717) is 4.90 Å². The smallest absolute Gasteiger partial charge is 0.338 e. The van der Waals surface area contributed by atoms with E-state index in [4.69, 9.17) is 16.7 Å². The fraction of sp³-hybridized carbons (Fsp3) is 0.125. The number of carboxylic acids is 1. The zero-order chi connectivity index (χ0) is 10.0. The van der Waals surface area contributed by atoms with Crippen molar-refractivity contribution in [1.29, 1.82) is 0 Å². The molecule has 0 fully saturated rings. The average molecular weight is 221 g/mol. The third-order valence-electron chi connectivity index (χ3n) is 1.47. The number of benzene rings is 1. The maximum absolute atomic E-state index is 13.0. The first-order chi connectivity index (χ1) is 6.06. The van der Waals surface area contributed by atoms with Crippen molar-refractivity contribution < 1.29 is 14.3 Å². The van der Waals surface area contributed by atoms with Gasteiger partial charge >= 0.3 is 5.97 Å². The third kappa shape index (κ3) is 2.14. The Morgan fingerprint density at radius 3 is 2.69 bits per heavy atom. The first-order valence-corrected chi connectivity index (χ1v) is 4.93. The highest BCUT2D eigenvalue weighted by atomic mass is 35.5. The van der Waals surface area contributed by atoms with E-state index in [1.165, 1.54) is 23.9 Å². The van der Waals surface area contributed by atoms with Gasteiger partial charge in [-0.25, -0.2) is 9.18 Å². The third-order valence-corrected chi connectivity index (χ3v) is 2.45. The summed E-state index contributed by atoms with van der Waals surface area (Å²) in [6.07, 6.45) is 1.76. The molecule has 0 aliphatic carbocycles. The largest absolute Gasteiger partial charge is 0.478 e. The summed E-state index contributed by atoms with van der Waals surface area (Å²) in [5, 5.41) is 8.44. The first kappa shape index (κ1) is 10.3. The number of carboxylic acid groups (broad SMARTS) is 1. The van der Waals surface area contributed by atoms with Crippen molar-refractivity contribution in [1.82, 2.24) is 0 Å². The van der Waals surface area contributed by atoms with E-state index in [1.54, 1.807) is 6.26 Å². The number of halogens is 2. The van der Waals surface area contributed by atoms with Gasteiger partial charge in [0.25, 0.3) is 0 Å².